The molecule has 0 aromatic heterocycles. The Balaban J connectivity index is 1.47. The molecule has 1 amide bonds. The lowest BCUT2D eigenvalue weighted by Gasteiger charge is -2.14. The molecule has 0 spiro atoms. The zero-order valence-corrected chi connectivity index (χ0v) is 19.9. The van der Waals surface area contributed by atoms with Crippen LogP contribution in [-0.2, 0) is 21.2 Å². The van der Waals surface area contributed by atoms with Crippen molar-refractivity contribution in [3.63, 3.8) is 0 Å². The minimum atomic E-state index is -3.73. The van der Waals surface area contributed by atoms with Crippen molar-refractivity contribution in [3.05, 3.63) is 82.3 Å². The number of carbonyl (C=O) groups is 1. The zero-order chi connectivity index (χ0) is 23.8. The standard InChI is InChI=1S/C23H23Cl2N3O4S/c24-19-6-3-7-20(25)23(19)28-21-8-2-1-5-16(21)15-22(29)27-13-4-14-32-17-9-11-18(12-10-17)33(26,30)31/h1-3,5-12,28H,4,13-15H2,(H,27,29)(H2,26,30,31). The first-order valence-electron chi connectivity index (χ1n) is 10.1. The summed E-state index contributed by atoms with van der Waals surface area (Å²) in [5.41, 5.74) is 2.13. The monoisotopic (exact) mass is 507 g/mol. The smallest absolute Gasteiger partial charge is 0.238 e. The summed E-state index contributed by atoms with van der Waals surface area (Å²) in [7, 11) is -3.73. The van der Waals surface area contributed by atoms with E-state index >= 15 is 0 Å². The third kappa shape index (κ3) is 7.36. The Kier molecular flexibility index (Phi) is 8.57. The van der Waals surface area contributed by atoms with Crippen LogP contribution in [0.5, 0.6) is 5.75 Å². The number of rotatable bonds is 10. The first-order valence-corrected chi connectivity index (χ1v) is 12.4. The molecule has 0 radical (unpaired) electrons. The fourth-order valence-electron chi connectivity index (χ4n) is 3.00. The Bertz CT molecular complexity index is 1200. The van der Waals surface area contributed by atoms with Crippen molar-refractivity contribution < 1.29 is 17.9 Å². The predicted octanol–water partition coefficient (Wildman–Crippen LogP) is 4.51. The number of anilines is 2. The third-order valence-electron chi connectivity index (χ3n) is 4.66. The summed E-state index contributed by atoms with van der Waals surface area (Å²) in [6.45, 7) is 0.790. The Labute approximate surface area is 202 Å². The maximum atomic E-state index is 12.4. The summed E-state index contributed by atoms with van der Waals surface area (Å²) >= 11 is 12.5. The molecule has 3 aromatic carbocycles. The van der Waals surface area contributed by atoms with Gasteiger partial charge >= 0.3 is 0 Å². The van der Waals surface area contributed by atoms with Crippen molar-refractivity contribution in [2.45, 2.75) is 17.7 Å². The van der Waals surface area contributed by atoms with Gasteiger partial charge in [-0.3, -0.25) is 4.79 Å². The summed E-state index contributed by atoms with van der Waals surface area (Å²) in [6.07, 6.45) is 0.763. The lowest BCUT2D eigenvalue weighted by atomic mass is 10.1. The number of para-hydroxylation sites is 2. The maximum absolute atomic E-state index is 12.4. The van der Waals surface area contributed by atoms with Crippen LogP contribution in [0.3, 0.4) is 0 Å². The number of sulfonamides is 1. The lowest BCUT2D eigenvalue weighted by molar-refractivity contribution is -0.120. The summed E-state index contributed by atoms with van der Waals surface area (Å²) in [6, 6.07) is 18.5. The van der Waals surface area contributed by atoms with Crippen LogP contribution in [0.2, 0.25) is 10.0 Å². The molecule has 4 N–H and O–H groups in total. The highest BCUT2D eigenvalue weighted by atomic mass is 35.5. The number of amides is 1. The molecule has 0 unspecified atom stereocenters. The molecule has 0 heterocycles. The van der Waals surface area contributed by atoms with Crippen LogP contribution in [0.4, 0.5) is 11.4 Å². The van der Waals surface area contributed by atoms with Crippen LogP contribution in [0, 0.1) is 0 Å². The van der Waals surface area contributed by atoms with Gasteiger partial charge in [-0.25, -0.2) is 13.6 Å². The minimum Gasteiger partial charge on any atom is -0.494 e. The van der Waals surface area contributed by atoms with Gasteiger partial charge in [0, 0.05) is 12.2 Å². The summed E-state index contributed by atoms with van der Waals surface area (Å²) in [5, 5.41) is 12.1. The highest BCUT2D eigenvalue weighted by Gasteiger charge is 2.11. The number of ether oxygens (including phenoxy) is 1. The van der Waals surface area contributed by atoms with Gasteiger partial charge in [0.2, 0.25) is 15.9 Å². The van der Waals surface area contributed by atoms with E-state index in [0.717, 1.165) is 11.3 Å². The average Bonchev–Trinajstić information content (AvgIpc) is 2.77. The van der Waals surface area contributed by atoms with Crippen LogP contribution in [0.25, 0.3) is 0 Å². The molecule has 0 aliphatic rings. The van der Waals surface area contributed by atoms with E-state index in [2.05, 4.69) is 10.6 Å². The molecule has 174 valence electrons. The molecule has 0 fully saturated rings. The van der Waals surface area contributed by atoms with Gasteiger partial charge in [-0.05, 0) is 54.4 Å². The largest absolute Gasteiger partial charge is 0.494 e. The maximum Gasteiger partial charge on any atom is 0.238 e. The topological polar surface area (TPSA) is 111 Å². The molecule has 0 atom stereocenters. The van der Waals surface area contributed by atoms with Crippen LogP contribution >= 0.6 is 23.2 Å². The predicted molar refractivity (Wildman–Crippen MR) is 131 cm³/mol. The minimum absolute atomic E-state index is 0.0219. The molecule has 7 nitrogen and oxygen atoms in total. The van der Waals surface area contributed by atoms with Gasteiger partial charge in [0.25, 0.3) is 0 Å². The van der Waals surface area contributed by atoms with E-state index in [9.17, 15) is 13.2 Å². The molecule has 0 aliphatic heterocycles. The first-order chi connectivity index (χ1) is 15.7. The van der Waals surface area contributed by atoms with Crippen molar-refractivity contribution in [2.75, 3.05) is 18.5 Å². The Morgan fingerprint density at radius 2 is 1.61 bits per heavy atom. The highest BCUT2D eigenvalue weighted by Crippen LogP contribution is 2.33. The molecule has 10 heteroatoms. The highest BCUT2D eigenvalue weighted by molar-refractivity contribution is 7.89. The molecule has 0 saturated carbocycles. The van der Waals surface area contributed by atoms with Gasteiger partial charge in [0.1, 0.15) is 5.75 Å². The van der Waals surface area contributed by atoms with Crippen LogP contribution in [0.15, 0.2) is 71.6 Å². The first kappa shape index (κ1) is 24.9. The van der Waals surface area contributed by atoms with Crippen molar-refractivity contribution in [3.8, 4) is 5.75 Å². The normalized spacial score (nSPS) is 11.1. The molecule has 3 aromatic rings. The van der Waals surface area contributed by atoms with Gasteiger partial charge in [0.15, 0.2) is 0 Å². The second-order valence-corrected chi connectivity index (χ2v) is 9.50. The number of hydrogen-bond donors (Lipinski definition) is 3. The van der Waals surface area contributed by atoms with E-state index in [1.54, 1.807) is 18.2 Å². The number of primary sulfonamides is 1. The van der Waals surface area contributed by atoms with E-state index in [0.29, 0.717) is 41.1 Å². The molecule has 0 bridgehead atoms. The van der Waals surface area contributed by atoms with E-state index in [4.69, 9.17) is 33.1 Å². The number of hydrogen-bond acceptors (Lipinski definition) is 5. The van der Waals surface area contributed by atoms with Gasteiger partial charge in [-0.15, -0.1) is 0 Å². The molecule has 0 aliphatic carbocycles. The van der Waals surface area contributed by atoms with Crippen LogP contribution in [-0.4, -0.2) is 27.5 Å². The van der Waals surface area contributed by atoms with Gasteiger partial charge < -0.3 is 15.4 Å². The van der Waals surface area contributed by atoms with E-state index in [1.165, 1.54) is 24.3 Å². The number of nitrogens with one attached hydrogen (secondary N) is 2. The second kappa shape index (κ2) is 11.4. The van der Waals surface area contributed by atoms with Crippen molar-refractivity contribution in [1.82, 2.24) is 5.32 Å². The SMILES string of the molecule is NS(=O)(=O)c1ccc(OCCCNC(=O)Cc2ccccc2Nc2c(Cl)cccc2Cl)cc1. The Morgan fingerprint density at radius 1 is 0.939 bits per heavy atom. The third-order valence-corrected chi connectivity index (χ3v) is 6.21. The van der Waals surface area contributed by atoms with E-state index < -0.39 is 10.0 Å². The lowest BCUT2D eigenvalue weighted by Crippen LogP contribution is -2.27. The number of benzene rings is 3. The number of carbonyl (C=O) groups excluding carboxylic acids is 1. The second-order valence-electron chi connectivity index (χ2n) is 7.12. The summed E-state index contributed by atoms with van der Waals surface area (Å²) < 4.78 is 28.1. The Hall–Kier alpha value is -2.78. The molecule has 33 heavy (non-hydrogen) atoms. The zero-order valence-electron chi connectivity index (χ0n) is 17.6. The average molecular weight is 508 g/mol. The molecular weight excluding hydrogens is 485 g/mol. The van der Waals surface area contributed by atoms with E-state index in [1.807, 2.05) is 24.3 Å². The fourth-order valence-corrected chi connectivity index (χ4v) is 4.01. The van der Waals surface area contributed by atoms with Crippen molar-refractivity contribution >= 4 is 50.5 Å². The van der Waals surface area contributed by atoms with Gasteiger partial charge in [-0.2, -0.15) is 0 Å². The van der Waals surface area contributed by atoms with Gasteiger partial charge in [-0.1, -0.05) is 47.5 Å². The molecule has 3 rings (SSSR count). The number of halogens is 2. The Morgan fingerprint density at radius 3 is 2.27 bits per heavy atom. The molecular formula is C23H23Cl2N3O4S. The van der Waals surface area contributed by atoms with Crippen molar-refractivity contribution in [1.29, 1.82) is 0 Å². The number of nitrogens with two attached hydrogens (primary N) is 1. The van der Waals surface area contributed by atoms with E-state index in [-0.39, 0.29) is 17.2 Å². The quantitative estimate of drug-likeness (QED) is 0.349. The summed E-state index contributed by atoms with van der Waals surface area (Å²) in [5.74, 6) is 0.388. The molecule has 0 saturated heterocycles. The van der Waals surface area contributed by atoms with Crippen LogP contribution < -0.4 is 20.5 Å². The van der Waals surface area contributed by atoms with Gasteiger partial charge in [0.05, 0.1) is 33.7 Å². The van der Waals surface area contributed by atoms with Crippen molar-refractivity contribution in [2.24, 2.45) is 5.14 Å². The van der Waals surface area contributed by atoms with Crippen LogP contribution in [0.1, 0.15) is 12.0 Å². The summed E-state index contributed by atoms with van der Waals surface area (Å²) in [4.78, 5) is 12.4. The fraction of sp³-hybridized carbons (Fsp3) is 0.174.